The molecule has 0 aliphatic rings. The van der Waals surface area contributed by atoms with Crippen molar-refractivity contribution >= 4 is 34.0 Å². The minimum atomic E-state index is 0.00591. The lowest BCUT2D eigenvalue weighted by molar-refractivity contribution is 0.239. The summed E-state index contributed by atoms with van der Waals surface area (Å²) in [7, 11) is 0. The van der Waals surface area contributed by atoms with Crippen molar-refractivity contribution in [1.29, 1.82) is 0 Å². The molecule has 0 bridgehead atoms. The third-order valence-corrected chi connectivity index (χ3v) is 5.70. The average molecular weight is 444 g/mol. The first-order valence-corrected chi connectivity index (χ1v) is 11.1. The van der Waals surface area contributed by atoms with Crippen molar-refractivity contribution in [3.8, 4) is 5.75 Å². The van der Waals surface area contributed by atoms with E-state index >= 15 is 0 Å². The molecular weight excluding hydrogens is 413 g/mol. The highest BCUT2D eigenvalue weighted by molar-refractivity contribution is 6.35. The van der Waals surface area contributed by atoms with Gasteiger partial charge in [0.15, 0.2) is 0 Å². The summed E-state index contributed by atoms with van der Waals surface area (Å²) < 4.78 is 6.25. The molecule has 4 heteroatoms. The predicted octanol–water partition coefficient (Wildman–Crippen LogP) is 8.03. The van der Waals surface area contributed by atoms with Crippen LogP contribution in [0.25, 0.3) is 10.8 Å². The van der Waals surface area contributed by atoms with E-state index in [0.717, 1.165) is 24.3 Å². The van der Waals surface area contributed by atoms with Crippen molar-refractivity contribution in [2.24, 2.45) is 5.41 Å². The van der Waals surface area contributed by atoms with Crippen LogP contribution < -0.4 is 10.1 Å². The van der Waals surface area contributed by atoms with Crippen molar-refractivity contribution in [2.75, 3.05) is 0 Å². The fraction of sp³-hybridized carbons (Fsp3) is 0.385. The summed E-state index contributed by atoms with van der Waals surface area (Å²) in [6.07, 6.45) is 1.07. The molecule has 2 nitrogen and oxygen atoms in total. The average Bonchev–Trinajstić information content (AvgIpc) is 2.64. The molecule has 0 atom stereocenters. The quantitative estimate of drug-likeness (QED) is 0.398. The summed E-state index contributed by atoms with van der Waals surface area (Å²) in [6.45, 7) is 12.5. The Labute approximate surface area is 190 Å². The van der Waals surface area contributed by atoms with E-state index in [1.807, 2.05) is 12.1 Å². The van der Waals surface area contributed by atoms with Gasteiger partial charge in [-0.3, -0.25) is 0 Å². The predicted molar refractivity (Wildman–Crippen MR) is 130 cm³/mol. The van der Waals surface area contributed by atoms with E-state index in [0.29, 0.717) is 16.7 Å². The zero-order chi connectivity index (χ0) is 21.9. The highest BCUT2D eigenvalue weighted by atomic mass is 35.5. The molecule has 3 rings (SSSR count). The zero-order valence-corrected chi connectivity index (χ0v) is 20.0. The van der Waals surface area contributed by atoms with E-state index in [1.165, 1.54) is 16.3 Å². The molecular formula is C26H31Cl2NO. The van der Waals surface area contributed by atoms with Crippen LogP contribution in [0.4, 0.5) is 0 Å². The van der Waals surface area contributed by atoms with Crippen LogP contribution in [0.3, 0.4) is 0 Å². The fourth-order valence-electron chi connectivity index (χ4n) is 4.14. The number of rotatable bonds is 7. The number of halogens is 2. The van der Waals surface area contributed by atoms with Crippen LogP contribution in [0.15, 0.2) is 54.6 Å². The fourth-order valence-corrected chi connectivity index (χ4v) is 4.61. The van der Waals surface area contributed by atoms with Crippen molar-refractivity contribution in [3.63, 3.8) is 0 Å². The van der Waals surface area contributed by atoms with Gasteiger partial charge in [0.1, 0.15) is 12.4 Å². The number of hydrogen-bond acceptors (Lipinski definition) is 2. The molecule has 3 aromatic carbocycles. The maximum atomic E-state index is 6.34. The molecule has 0 aliphatic carbocycles. The second-order valence-electron chi connectivity index (χ2n) is 9.76. The second kappa shape index (κ2) is 9.18. The smallest absolute Gasteiger partial charge is 0.124 e. The van der Waals surface area contributed by atoms with Gasteiger partial charge in [-0.1, -0.05) is 80.4 Å². The van der Waals surface area contributed by atoms with E-state index in [1.54, 1.807) is 6.07 Å². The van der Waals surface area contributed by atoms with Gasteiger partial charge in [0.2, 0.25) is 0 Å². The van der Waals surface area contributed by atoms with Gasteiger partial charge in [0, 0.05) is 33.3 Å². The van der Waals surface area contributed by atoms with Crippen LogP contribution in [0, 0.1) is 5.41 Å². The largest absolute Gasteiger partial charge is 0.488 e. The van der Waals surface area contributed by atoms with E-state index in [4.69, 9.17) is 27.9 Å². The minimum Gasteiger partial charge on any atom is -0.488 e. The maximum absolute atomic E-state index is 6.34. The number of nitrogens with one attached hydrogen (secondary N) is 1. The molecule has 30 heavy (non-hydrogen) atoms. The first kappa shape index (κ1) is 22.9. The summed E-state index contributed by atoms with van der Waals surface area (Å²) in [5.74, 6) is 0.874. The second-order valence-corrected chi connectivity index (χ2v) is 10.6. The van der Waals surface area contributed by atoms with E-state index in [2.05, 4.69) is 76.3 Å². The Bertz CT molecular complexity index is 1020. The molecule has 0 amide bonds. The molecule has 1 N–H and O–H groups in total. The van der Waals surface area contributed by atoms with Crippen molar-refractivity contribution in [2.45, 2.75) is 59.7 Å². The van der Waals surface area contributed by atoms with Crippen LogP contribution in [0.2, 0.25) is 10.0 Å². The Hall–Kier alpha value is -1.74. The molecule has 160 valence electrons. The highest BCUT2D eigenvalue weighted by Crippen LogP contribution is 2.32. The summed E-state index contributed by atoms with van der Waals surface area (Å²) in [4.78, 5) is 0. The molecule has 0 unspecified atom stereocenters. The van der Waals surface area contributed by atoms with Crippen molar-refractivity contribution in [3.05, 3.63) is 75.8 Å². The lowest BCUT2D eigenvalue weighted by atomic mass is 9.81. The van der Waals surface area contributed by atoms with E-state index < -0.39 is 0 Å². The number of fused-ring (bicyclic) bond motifs is 1. The summed E-state index contributed by atoms with van der Waals surface area (Å²) in [6, 6.07) is 18.1. The molecule has 0 radical (unpaired) electrons. The zero-order valence-electron chi connectivity index (χ0n) is 18.5. The first-order valence-electron chi connectivity index (χ1n) is 10.4. The molecule has 0 aliphatic heterocycles. The molecule has 0 spiro atoms. The SMILES string of the molecule is CC(C)(C)CC(C)(C)NCc1c(OCc2ccc(Cl)cc2Cl)ccc2ccccc12. The topological polar surface area (TPSA) is 21.3 Å². The molecule has 0 aromatic heterocycles. The van der Waals surface area contributed by atoms with Crippen LogP contribution >= 0.6 is 23.2 Å². The van der Waals surface area contributed by atoms with Gasteiger partial charge in [0.25, 0.3) is 0 Å². The Morgan fingerprint density at radius 3 is 2.33 bits per heavy atom. The maximum Gasteiger partial charge on any atom is 0.124 e. The summed E-state index contributed by atoms with van der Waals surface area (Å²) >= 11 is 12.4. The highest BCUT2D eigenvalue weighted by Gasteiger charge is 2.25. The van der Waals surface area contributed by atoms with Crippen LogP contribution in [-0.4, -0.2) is 5.54 Å². The first-order chi connectivity index (χ1) is 14.0. The van der Waals surface area contributed by atoms with Crippen molar-refractivity contribution < 1.29 is 4.74 Å². The number of hydrogen-bond donors (Lipinski definition) is 1. The Morgan fingerprint density at radius 2 is 1.63 bits per heavy atom. The van der Waals surface area contributed by atoms with Gasteiger partial charge in [-0.15, -0.1) is 0 Å². The number of benzene rings is 3. The van der Waals surface area contributed by atoms with Crippen molar-refractivity contribution in [1.82, 2.24) is 5.32 Å². The van der Waals surface area contributed by atoms with E-state index in [-0.39, 0.29) is 11.0 Å². The van der Waals surface area contributed by atoms with Gasteiger partial charge < -0.3 is 10.1 Å². The lowest BCUT2D eigenvalue weighted by Gasteiger charge is -2.34. The monoisotopic (exact) mass is 443 g/mol. The molecule has 0 heterocycles. The van der Waals surface area contributed by atoms with Crippen LogP contribution in [0.1, 0.15) is 52.2 Å². The third kappa shape index (κ3) is 6.14. The van der Waals surface area contributed by atoms with E-state index in [9.17, 15) is 0 Å². The van der Waals surface area contributed by atoms with Crippen LogP contribution in [-0.2, 0) is 13.2 Å². The van der Waals surface area contributed by atoms with Gasteiger partial charge in [0.05, 0.1) is 0 Å². The Morgan fingerprint density at radius 1 is 0.900 bits per heavy atom. The minimum absolute atomic E-state index is 0.00591. The van der Waals surface area contributed by atoms with Crippen LogP contribution in [0.5, 0.6) is 5.75 Å². The standard InChI is InChI=1S/C26H31Cl2NO/c1-25(2,3)17-26(4,5)29-15-22-21-9-7-6-8-18(21)11-13-24(22)30-16-19-10-12-20(27)14-23(19)28/h6-14,29H,15-17H2,1-5H3. The molecule has 3 aromatic rings. The lowest BCUT2D eigenvalue weighted by Crippen LogP contribution is -2.41. The Balaban J connectivity index is 1.87. The third-order valence-electron chi connectivity index (χ3n) is 5.11. The summed E-state index contributed by atoms with van der Waals surface area (Å²) in [5, 5.41) is 7.42. The van der Waals surface area contributed by atoms with Gasteiger partial charge in [-0.2, -0.15) is 0 Å². The molecule has 0 saturated heterocycles. The molecule has 0 fully saturated rings. The normalized spacial score (nSPS) is 12.4. The van der Waals surface area contributed by atoms with Gasteiger partial charge >= 0.3 is 0 Å². The number of ether oxygens (including phenoxy) is 1. The Kier molecular flexibility index (Phi) is 7.02. The summed E-state index contributed by atoms with van der Waals surface area (Å²) in [5.41, 5.74) is 2.34. The molecule has 0 saturated carbocycles. The van der Waals surface area contributed by atoms with Gasteiger partial charge in [-0.25, -0.2) is 0 Å². The van der Waals surface area contributed by atoms with Gasteiger partial charge in [-0.05, 0) is 54.7 Å².